The predicted molar refractivity (Wildman–Crippen MR) is 75.7 cm³/mol. The van der Waals surface area contributed by atoms with Crippen LogP contribution in [-0.2, 0) is 10.0 Å². The van der Waals surface area contributed by atoms with Crippen LogP contribution in [0.4, 0.5) is 5.69 Å². The lowest BCUT2D eigenvalue weighted by molar-refractivity contribution is 0.316. The van der Waals surface area contributed by atoms with Gasteiger partial charge in [-0.25, -0.2) is 8.42 Å². The quantitative estimate of drug-likeness (QED) is 0.854. The molecule has 2 heterocycles. The van der Waals surface area contributed by atoms with Crippen molar-refractivity contribution in [3.8, 4) is 5.75 Å². The lowest BCUT2D eigenvalue weighted by Crippen LogP contribution is -2.38. The second-order valence-electron chi connectivity index (χ2n) is 4.20. The Bertz CT molecular complexity index is 749. The Balaban J connectivity index is 2.13. The number of hydrogen-bond acceptors (Lipinski definition) is 4. The molecular weight excluding hydrogens is 300 g/mol. The Kier molecular flexibility index (Phi) is 3.27. The third-order valence-corrected chi connectivity index (χ3v) is 5.27. The molecule has 0 saturated carbocycles. The van der Waals surface area contributed by atoms with Crippen molar-refractivity contribution in [2.45, 2.75) is 4.90 Å². The van der Waals surface area contributed by atoms with Crippen molar-refractivity contribution in [1.82, 2.24) is 4.98 Å². The number of fused-ring (bicyclic) bond motifs is 1. The molecule has 0 bridgehead atoms. The summed E-state index contributed by atoms with van der Waals surface area (Å²) in [7, 11) is -3.75. The van der Waals surface area contributed by atoms with E-state index in [0.29, 0.717) is 18.0 Å². The topological polar surface area (TPSA) is 59.5 Å². The lowest BCUT2D eigenvalue weighted by Gasteiger charge is -2.30. The van der Waals surface area contributed by atoms with Gasteiger partial charge in [-0.3, -0.25) is 9.29 Å². The van der Waals surface area contributed by atoms with E-state index in [2.05, 4.69) is 4.98 Å². The minimum Gasteiger partial charge on any atom is -0.489 e. The molecule has 0 N–H and O–H groups in total. The second kappa shape index (κ2) is 4.96. The van der Waals surface area contributed by atoms with Crippen LogP contribution >= 0.6 is 11.6 Å². The normalized spacial score (nSPS) is 14.6. The Hall–Kier alpha value is -1.79. The zero-order chi connectivity index (χ0) is 14.2. The highest BCUT2D eigenvalue weighted by Crippen LogP contribution is 2.35. The first-order chi connectivity index (χ1) is 9.60. The molecule has 5 nitrogen and oxygen atoms in total. The van der Waals surface area contributed by atoms with E-state index in [1.54, 1.807) is 24.3 Å². The van der Waals surface area contributed by atoms with Gasteiger partial charge in [0.25, 0.3) is 10.0 Å². The van der Waals surface area contributed by atoms with Crippen molar-refractivity contribution < 1.29 is 13.2 Å². The van der Waals surface area contributed by atoms with Crippen LogP contribution < -0.4 is 9.04 Å². The van der Waals surface area contributed by atoms with E-state index in [1.165, 1.54) is 22.8 Å². The van der Waals surface area contributed by atoms with Crippen LogP contribution in [0.2, 0.25) is 5.02 Å². The summed E-state index contributed by atoms with van der Waals surface area (Å²) in [4.78, 5) is 3.84. The summed E-state index contributed by atoms with van der Waals surface area (Å²) in [5.74, 6) is 0.544. The fourth-order valence-electron chi connectivity index (χ4n) is 2.07. The molecular formula is C13H11ClN2O3S. The number of nitrogens with zero attached hydrogens (tertiary/aromatic N) is 2. The first kappa shape index (κ1) is 13.2. The van der Waals surface area contributed by atoms with Crippen molar-refractivity contribution in [3.05, 3.63) is 47.7 Å². The van der Waals surface area contributed by atoms with E-state index in [0.717, 1.165) is 0 Å². The Morgan fingerprint density at radius 1 is 1.25 bits per heavy atom. The van der Waals surface area contributed by atoms with Gasteiger partial charge >= 0.3 is 0 Å². The van der Waals surface area contributed by atoms with Crippen LogP contribution in [0.15, 0.2) is 47.6 Å². The molecule has 1 aliphatic heterocycles. The predicted octanol–water partition coefficient (Wildman–Crippen LogP) is 2.32. The molecule has 0 aliphatic carbocycles. The van der Waals surface area contributed by atoms with Gasteiger partial charge in [-0.2, -0.15) is 0 Å². The van der Waals surface area contributed by atoms with Crippen LogP contribution in [0.3, 0.4) is 0 Å². The minimum atomic E-state index is -3.75. The van der Waals surface area contributed by atoms with Gasteiger partial charge in [0, 0.05) is 12.4 Å². The Labute approximate surface area is 121 Å². The number of pyridine rings is 1. The maximum absolute atomic E-state index is 12.7. The number of sulfonamides is 1. The van der Waals surface area contributed by atoms with E-state index in [1.807, 2.05) is 0 Å². The molecule has 0 spiro atoms. The summed E-state index contributed by atoms with van der Waals surface area (Å²) in [5.41, 5.74) is 0.513. The molecule has 20 heavy (non-hydrogen) atoms. The maximum atomic E-state index is 12.7. The van der Waals surface area contributed by atoms with Gasteiger partial charge in [0.1, 0.15) is 17.3 Å². The van der Waals surface area contributed by atoms with Gasteiger partial charge in [-0.1, -0.05) is 23.7 Å². The fourth-order valence-corrected chi connectivity index (χ4v) is 3.93. The molecule has 1 aromatic carbocycles. The van der Waals surface area contributed by atoms with Crippen molar-refractivity contribution in [3.63, 3.8) is 0 Å². The van der Waals surface area contributed by atoms with Gasteiger partial charge < -0.3 is 4.74 Å². The molecule has 1 aliphatic rings. The summed E-state index contributed by atoms with van der Waals surface area (Å²) < 4.78 is 32.2. The van der Waals surface area contributed by atoms with Gasteiger partial charge in [0.05, 0.1) is 17.3 Å². The van der Waals surface area contributed by atoms with E-state index in [9.17, 15) is 8.42 Å². The molecule has 7 heteroatoms. The Morgan fingerprint density at radius 2 is 2.05 bits per heavy atom. The van der Waals surface area contributed by atoms with Crippen molar-refractivity contribution in [1.29, 1.82) is 0 Å². The van der Waals surface area contributed by atoms with Gasteiger partial charge in [-0.05, 0) is 18.2 Å². The third kappa shape index (κ3) is 2.10. The number of halogens is 1. The number of hydrogen-bond donors (Lipinski definition) is 0. The first-order valence-corrected chi connectivity index (χ1v) is 7.76. The average Bonchev–Trinajstić information content (AvgIpc) is 2.47. The van der Waals surface area contributed by atoms with E-state index < -0.39 is 10.0 Å². The van der Waals surface area contributed by atoms with E-state index in [-0.39, 0.29) is 16.5 Å². The highest BCUT2D eigenvalue weighted by Gasteiger charge is 2.31. The number of anilines is 1. The van der Waals surface area contributed by atoms with Crippen LogP contribution in [0.25, 0.3) is 0 Å². The summed E-state index contributed by atoms with van der Waals surface area (Å²) in [6.07, 6.45) is 2.71. The maximum Gasteiger partial charge on any atom is 0.267 e. The highest BCUT2D eigenvalue weighted by atomic mass is 35.5. The second-order valence-corrected chi connectivity index (χ2v) is 6.44. The van der Waals surface area contributed by atoms with Crippen LogP contribution in [0, 0.1) is 0 Å². The van der Waals surface area contributed by atoms with Gasteiger partial charge in [-0.15, -0.1) is 0 Å². The molecule has 1 aromatic heterocycles. The molecule has 2 aromatic rings. The van der Waals surface area contributed by atoms with E-state index in [4.69, 9.17) is 16.3 Å². The number of ether oxygens (including phenoxy) is 1. The standard InChI is InChI=1S/C13H11ClN2O3S/c14-10-5-6-15-9-13(10)20(17,18)16-7-8-19-12-4-2-1-3-11(12)16/h1-6,9H,7-8H2. The summed E-state index contributed by atoms with van der Waals surface area (Å²) in [6.45, 7) is 0.540. The van der Waals surface area contributed by atoms with Crippen LogP contribution in [0.5, 0.6) is 5.75 Å². The van der Waals surface area contributed by atoms with Crippen molar-refractivity contribution in [2.24, 2.45) is 0 Å². The molecule has 3 rings (SSSR count). The monoisotopic (exact) mass is 310 g/mol. The molecule has 0 fully saturated rings. The summed E-state index contributed by atoms with van der Waals surface area (Å²) in [6, 6.07) is 8.46. The largest absolute Gasteiger partial charge is 0.489 e. The van der Waals surface area contributed by atoms with Gasteiger partial charge in [0.15, 0.2) is 0 Å². The third-order valence-electron chi connectivity index (χ3n) is 2.99. The van der Waals surface area contributed by atoms with E-state index >= 15 is 0 Å². The van der Waals surface area contributed by atoms with Crippen molar-refractivity contribution in [2.75, 3.05) is 17.5 Å². The molecule has 0 radical (unpaired) electrons. The summed E-state index contributed by atoms with van der Waals surface area (Å²) >= 11 is 5.98. The lowest BCUT2D eigenvalue weighted by atomic mass is 10.2. The Morgan fingerprint density at radius 3 is 2.85 bits per heavy atom. The van der Waals surface area contributed by atoms with Crippen molar-refractivity contribution >= 4 is 27.3 Å². The molecule has 0 amide bonds. The number of rotatable bonds is 2. The van der Waals surface area contributed by atoms with Crippen LogP contribution in [-0.4, -0.2) is 26.6 Å². The van der Waals surface area contributed by atoms with Gasteiger partial charge in [0.2, 0.25) is 0 Å². The highest BCUT2D eigenvalue weighted by molar-refractivity contribution is 7.93. The smallest absolute Gasteiger partial charge is 0.267 e. The molecule has 0 saturated heterocycles. The number of benzene rings is 1. The zero-order valence-electron chi connectivity index (χ0n) is 10.4. The molecule has 0 unspecified atom stereocenters. The zero-order valence-corrected chi connectivity index (χ0v) is 11.9. The number of para-hydroxylation sites is 2. The number of aromatic nitrogens is 1. The minimum absolute atomic E-state index is 0.00151. The molecule has 0 atom stereocenters. The molecule has 104 valence electrons. The average molecular weight is 311 g/mol. The van der Waals surface area contributed by atoms with Crippen LogP contribution in [0.1, 0.15) is 0 Å². The summed E-state index contributed by atoms with van der Waals surface area (Å²) in [5, 5.41) is 0.156. The first-order valence-electron chi connectivity index (χ1n) is 5.95. The fraction of sp³-hybridized carbons (Fsp3) is 0.154. The SMILES string of the molecule is O=S(=O)(c1cnccc1Cl)N1CCOc2ccccc21.